The first-order chi connectivity index (χ1) is 8.00. The molecular formula is C16H31NO. The summed E-state index contributed by atoms with van der Waals surface area (Å²) >= 11 is 0. The summed E-state index contributed by atoms with van der Waals surface area (Å²) in [5.41, 5.74) is 6.96. The smallest absolute Gasteiger partial charge is 0.0680 e. The molecule has 0 radical (unpaired) electrons. The van der Waals surface area contributed by atoms with E-state index in [4.69, 9.17) is 10.5 Å². The zero-order chi connectivity index (χ0) is 13.8. The number of nitrogens with two attached hydrogens (primary N) is 1. The summed E-state index contributed by atoms with van der Waals surface area (Å²) in [5.74, 6) is 0.454. The first-order valence-corrected chi connectivity index (χ1v) is 7.49. The van der Waals surface area contributed by atoms with Gasteiger partial charge in [-0.1, -0.05) is 26.7 Å². The van der Waals surface area contributed by atoms with Gasteiger partial charge >= 0.3 is 0 Å². The Morgan fingerprint density at radius 2 is 1.50 bits per heavy atom. The Hall–Kier alpha value is -0.0800. The minimum Gasteiger partial charge on any atom is -0.369 e. The van der Waals surface area contributed by atoms with Crippen LogP contribution in [0, 0.1) is 11.3 Å². The Morgan fingerprint density at radius 1 is 0.944 bits per heavy atom. The molecule has 18 heavy (non-hydrogen) atoms. The third-order valence-electron chi connectivity index (χ3n) is 5.60. The van der Waals surface area contributed by atoms with Crippen molar-refractivity contribution in [3.63, 3.8) is 0 Å². The van der Waals surface area contributed by atoms with Crippen LogP contribution in [0.4, 0.5) is 0 Å². The molecule has 1 aliphatic carbocycles. The highest BCUT2D eigenvalue weighted by molar-refractivity contribution is 5.12. The van der Waals surface area contributed by atoms with Crippen LogP contribution in [0.5, 0.6) is 0 Å². The molecule has 2 atom stereocenters. The molecule has 2 heteroatoms. The van der Waals surface area contributed by atoms with Crippen molar-refractivity contribution in [2.45, 2.75) is 90.4 Å². The molecule has 106 valence electrons. The van der Waals surface area contributed by atoms with Gasteiger partial charge in [-0.05, 0) is 52.4 Å². The molecule has 0 aromatic carbocycles. The van der Waals surface area contributed by atoms with Crippen LogP contribution in [-0.2, 0) is 4.74 Å². The molecule has 1 saturated heterocycles. The van der Waals surface area contributed by atoms with Gasteiger partial charge in [0.05, 0.1) is 11.2 Å². The lowest BCUT2D eigenvalue weighted by Gasteiger charge is -2.54. The van der Waals surface area contributed by atoms with Crippen LogP contribution >= 0.6 is 0 Å². The van der Waals surface area contributed by atoms with E-state index < -0.39 is 0 Å². The molecule has 2 N–H and O–H groups in total. The van der Waals surface area contributed by atoms with E-state index in [1.807, 2.05) is 0 Å². The minimum absolute atomic E-state index is 0.0337. The van der Waals surface area contributed by atoms with Crippen LogP contribution in [0.3, 0.4) is 0 Å². The second-order valence-corrected chi connectivity index (χ2v) is 8.35. The maximum absolute atomic E-state index is 6.96. The second-order valence-electron chi connectivity index (χ2n) is 8.35. The van der Waals surface area contributed by atoms with Gasteiger partial charge in [0.1, 0.15) is 0 Å². The highest BCUT2D eigenvalue weighted by Crippen LogP contribution is 2.55. The lowest BCUT2D eigenvalue weighted by Crippen LogP contribution is -2.63. The summed E-state index contributed by atoms with van der Waals surface area (Å²) in [4.78, 5) is 0. The second kappa shape index (κ2) is 3.96. The van der Waals surface area contributed by atoms with Crippen LogP contribution in [0.15, 0.2) is 0 Å². The van der Waals surface area contributed by atoms with Crippen LogP contribution in [-0.4, -0.2) is 16.7 Å². The SMILES string of the molecule is CC1(C)CC(C2(N)CCCCC2(C)C)C(C)(C)O1. The molecule has 2 rings (SSSR count). The van der Waals surface area contributed by atoms with Crippen molar-refractivity contribution in [2.24, 2.45) is 17.1 Å². The summed E-state index contributed by atoms with van der Waals surface area (Å²) in [6.45, 7) is 13.6. The maximum atomic E-state index is 6.96. The van der Waals surface area contributed by atoms with Gasteiger partial charge in [0.15, 0.2) is 0 Å². The fourth-order valence-electron chi connectivity index (χ4n) is 4.57. The standard InChI is InChI=1S/C16H31NO/c1-13(2)9-7-8-10-16(13,17)12-11-14(3,4)18-15(12,5)6/h12H,7-11,17H2,1-6H3. The van der Waals surface area contributed by atoms with E-state index >= 15 is 0 Å². The average molecular weight is 253 g/mol. The third kappa shape index (κ3) is 2.12. The highest BCUT2D eigenvalue weighted by Gasteiger charge is 2.59. The van der Waals surface area contributed by atoms with Crippen LogP contribution in [0.25, 0.3) is 0 Å². The lowest BCUT2D eigenvalue weighted by atomic mass is 9.55. The molecule has 2 nitrogen and oxygen atoms in total. The van der Waals surface area contributed by atoms with E-state index in [1.54, 1.807) is 0 Å². The van der Waals surface area contributed by atoms with Crippen molar-refractivity contribution >= 4 is 0 Å². The zero-order valence-electron chi connectivity index (χ0n) is 13.1. The fraction of sp³-hybridized carbons (Fsp3) is 1.00. The van der Waals surface area contributed by atoms with Crippen molar-refractivity contribution in [3.05, 3.63) is 0 Å². The van der Waals surface area contributed by atoms with Gasteiger partial charge in [0, 0.05) is 11.5 Å². The van der Waals surface area contributed by atoms with E-state index in [1.165, 1.54) is 19.3 Å². The largest absolute Gasteiger partial charge is 0.369 e. The Bertz CT molecular complexity index is 332. The topological polar surface area (TPSA) is 35.2 Å². The summed E-state index contributed by atoms with van der Waals surface area (Å²) in [6, 6.07) is 0. The van der Waals surface area contributed by atoms with Gasteiger partial charge < -0.3 is 10.5 Å². The Labute approximate surface area is 113 Å². The van der Waals surface area contributed by atoms with E-state index in [-0.39, 0.29) is 22.2 Å². The predicted octanol–water partition coefficient (Wildman–Crippen LogP) is 3.88. The molecule has 2 fully saturated rings. The molecule has 1 heterocycles. The Morgan fingerprint density at radius 3 is 1.94 bits per heavy atom. The van der Waals surface area contributed by atoms with Gasteiger partial charge in [-0.2, -0.15) is 0 Å². The highest BCUT2D eigenvalue weighted by atomic mass is 16.5. The van der Waals surface area contributed by atoms with Gasteiger partial charge in [-0.25, -0.2) is 0 Å². The van der Waals surface area contributed by atoms with E-state index in [9.17, 15) is 0 Å². The monoisotopic (exact) mass is 253 g/mol. The zero-order valence-corrected chi connectivity index (χ0v) is 13.1. The average Bonchev–Trinajstić information content (AvgIpc) is 2.40. The Kier molecular flexibility index (Phi) is 3.15. The summed E-state index contributed by atoms with van der Waals surface area (Å²) in [7, 11) is 0. The number of hydrogen-bond donors (Lipinski definition) is 1. The quantitative estimate of drug-likeness (QED) is 0.769. The molecule has 2 unspecified atom stereocenters. The molecule has 0 amide bonds. The van der Waals surface area contributed by atoms with Crippen molar-refractivity contribution < 1.29 is 4.74 Å². The maximum Gasteiger partial charge on any atom is 0.0680 e. The molecule has 2 aliphatic rings. The van der Waals surface area contributed by atoms with E-state index in [2.05, 4.69) is 41.5 Å². The van der Waals surface area contributed by atoms with Gasteiger partial charge in [-0.15, -0.1) is 0 Å². The van der Waals surface area contributed by atoms with Gasteiger partial charge in [-0.3, -0.25) is 0 Å². The van der Waals surface area contributed by atoms with Crippen LogP contribution < -0.4 is 5.73 Å². The molecule has 0 spiro atoms. The van der Waals surface area contributed by atoms with E-state index in [0.29, 0.717) is 5.92 Å². The molecule has 0 bridgehead atoms. The summed E-state index contributed by atoms with van der Waals surface area (Å²) in [5, 5.41) is 0. The lowest BCUT2D eigenvalue weighted by molar-refractivity contribution is -0.0954. The molecular weight excluding hydrogens is 222 g/mol. The molecule has 0 aromatic rings. The minimum atomic E-state index is -0.104. The van der Waals surface area contributed by atoms with Crippen molar-refractivity contribution in [1.29, 1.82) is 0 Å². The van der Waals surface area contributed by atoms with Gasteiger partial charge in [0.2, 0.25) is 0 Å². The van der Waals surface area contributed by atoms with Crippen molar-refractivity contribution in [3.8, 4) is 0 Å². The molecule has 0 aromatic heterocycles. The third-order valence-corrected chi connectivity index (χ3v) is 5.60. The first-order valence-electron chi connectivity index (χ1n) is 7.49. The van der Waals surface area contributed by atoms with Crippen LogP contribution in [0.2, 0.25) is 0 Å². The summed E-state index contributed by atoms with van der Waals surface area (Å²) < 4.78 is 6.28. The summed E-state index contributed by atoms with van der Waals surface area (Å²) in [6.07, 6.45) is 6.07. The number of rotatable bonds is 1. The normalized spacial score (nSPS) is 41.8. The first kappa shape index (κ1) is 14.3. The predicted molar refractivity (Wildman–Crippen MR) is 76.5 cm³/mol. The fourth-order valence-corrected chi connectivity index (χ4v) is 4.57. The van der Waals surface area contributed by atoms with Crippen LogP contribution in [0.1, 0.15) is 73.6 Å². The van der Waals surface area contributed by atoms with Gasteiger partial charge in [0.25, 0.3) is 0 Å². The number of hydrogen-bond acceptors (Lipinski definition) is 2. The Balaban J connectivity index is 2.35. The van der Waals surface area contributed by atoms with E-state index in [0.717, 1.165) is 12.8 Å². The molecule has 1 aliphatic heterocycles. The van der Waals surface area contributed by atoms with Crippen molar-refractivity contribution in [2.75, 3.05) is 0 Å². The number of ether oxygens (including phenoxy) is 1. The van der Waals surface area contributed by atoms with Crippen molar-refractivity contribution in [1.82, 2.24) is 0 Å². The molecule has 1 saturated carbocycles.